The second kappa shape index (κ2) is 7.00. The van der Waals surface area contributed by atoms with Crippen molar-refractivity contribution in [3.8, 4) is 6.07 Å². The minimum absolute atomic E-state index is 0.0919. The maximum absolute atomic E-state index is 13.7. The number of nitriles is 1. The van der Waals surface area contributed by atoms with Crippen LogP contribution in [0.1, 0.15) is 18.1 Å². The molecule has 1 aromatic carbocycles. The van der Waals surface area contributed by atoms with Gasteiger partial charge in [-0.15, -0.1) is 0 Å². The molecule has 0 amide bonds. The number of rotatable bonds is 6. The molecule has 0 radical (unpaired) electrons. The molecule has 1 atom stereocenters. The summed E-state index contributed by atoms with van der Waals surface area (Å²) in [6.07, 6.45) is 0. The van der Waals surface area contributed by atoms with Crippen LogP contribution in [0.5, 0.6) is 0 Å². The molecule has 0 fully saturated rings. The highest BCUT2D eigenvalue weighted by molar-refractivity contribution is 5.34. The second-order valence-corrected chi connectivity index (χ2v) is 4.08. The third-order valence-electron chi connectivity index (χ3n) is 2.46. The maximum atomic E-state index is 13.7. The van der Waals surface area contributed by atoms with Crippen LogP contribution in [-0.2, 0) is 11.3 Å². The first kappa shape index (κ1) is 13.6. The van der Waals surface area contributed by atoms with E-state index in [1.54, 1.807) is 19.2 Å². The molecular weight excluding hydrogens is 219 g/mol. The molecule has 17 heavy (non-hydrogen) atoms. The standard InChI is InChI=1S/C13H17FN2O/c1-10(9-17-2)7-16-8-12-5-3-4-11(6-15)13(12)14/h3-5,10,16H,7-9H2,1-2H3. The minimum Gasteiger partial charge on any atom is -0.384 e. The van der Waals surface area contributed by atoms with Gasteiger partial charge in [0.1, 0.15) is 11.9 Å². The van der Waals surface area contributed by atoms with Crippen molar-refractivity contribution in [2.24, 2.45) is 5.92 Å². The van der Waals surface area contributed by atoms with Crippen molar-refractivity contribution in [2.75, 3.05) is 20.3 Å². The van der Waals surface area contributed by atoms with Crippen molar-refractivity contribution in [3.05, 3.63) is 35.1 Å². The van der Waals surface area contributed by atoms with E-state index in [0.29, 0.717) is 24.6 Å². The monoisotopic (exact) mass is 236 g/mol. The fraction of sp³-hybridized carbons (Fsp3) is 0.462. The van der Waals surface area contributed by atoms with Crippen molar-refractivity contribution in [1.82, 2.24) is 5.32 Å². The third kappa shape index (κ3) is 4.14. The van der Waals surface area contributed by atoms with E-state index in [-0.39, 0.29) is 5.56 Å². The first-order chi connectivity index (χ1) is 8.19. The Morgan fingerprint density at radius 3 is 2.94 bits per heavy atom. The molecule has 0 aliphatic carbocycles. The van der Waals surface area contributed by atoms with E-state index in [1.807, 2.05) is 6.07 Å². The number of nitrogens with one attached hydrogen (secondary N) is 1. The van der Waals surface area contributed by atoms with E-state index >= 15 is 0 Å². The Bertz CT molecular complexity index is 401. The van der Waals surface area contributed by atoms with Gasteiger partial charge < -0.3 is 10.1 Å². The van der Waals surface area contributed by atoms with Gasteiger partial charge in [-0.25, -0.2) is 4.39 Å². The lowest BCUT2D eigenvalue weighted by Gasteiger charge is -2.12. The van der Waals surface area contributed by atoms with Crippen molar-refractivity contribution in [3.63, 3.8) is 0 Å². The lowest BCUT2D eigenvalue weighted by molar-refractivity contribution is 0.158. The van der Waals surface area contributed by atoms with Gasteiger partial charge in [-0.3, -0.25) is 0 Å². The number of hydrogen-bond acceptors (Lipinski definition) is 3. The molecule has 0 spiro atoms. The summed E-state index contributed by atoms with van der Waals surface area (Å²) >= 11 is 0. The molecule has 0 aliphatic rings. The highest BCUT2D eigenvalue weighted by Gasteiger charge is 2.07. The van der Waals surface area contributed by atoms with Gasteiger partial charge in [-0.05, 0) is 12.0 Å². The van der Waals surface area contributed by atoms with Crippen LogP contribution in [0.15, 0.2) is 18.2 Å². The summed E-state index contributed by atoms with van der Waals surface area (Å²) in [7, 11) is 1.66. The molecule has 0 aromatic heterocycles. The van der Waals surface area contributed by atoms with Crippen molar-refractivity contribution in [2.45, 2.75) is 13.5 Å². The fourth-order valence-electron chi connectivity index (χ4n) is 1.60. The third-order valence-corrected chi connectivity index (χ3v) is 2.46. The topological polar surface area (TPSA) is 45.0 Å². The average Bonchev–Trinajstić information content (AvgIpc) is 2.32. The summed E-state index contributed by atoms with van der Waals surface area (Å²) < 4.78 is 18.7. The molecule has 3 nitrogen and oxygen atoms in total. The smallest absolute Gasteiger partial charge is 0.145 e. The number of methoxy groups -OCH3 is 1. The number of halogens is 1. The Hall–Kier alpha value is -1.44. The van der Waals surface area contributed by atoms with Crippen molar-refractivity contribution in [1.29, 1.82) is 5.26 Å². The van der Waals surface area contributed by atoms with Gasteiger partial charge in [0.15, 0.2) is 0 Å². The summed E-state index contributed by atoms with van der Waals surface area (Å²) in [4.78, 5) is 0. The molecule has 1 aromatic rings. The van der Waals surface area contributed by atoms with Crippen LogP contribution in [0, 0.1) is 23.1 Å². The van der Waals surface area contributed by atoms with Crippen molar-refractivity contribution >= 4 is 0 Å². The summed E-state index contributed by atoms with van der Waals surface area (Å²) in [5.74, 6) is -0.0518. The lowest BCUT2D eigenvalue weighted by atomic mass is 10.1. The predicted molar refractivity (Wildman–Crippen MR) is 63.9 cm³/mol. The Morgan fingerprint density at radius 1 is 1.53 bits per heavy atom. The first-order valence-corrected chi connectivity index (χ1v) is 5.56. The van der Waals surface area contributed by atoms with E-state index in [9.17, 15) is 4.39 Å². The molecule has 0 bridgehead atoms. The summed E-state index contributed by atoms with van der Waals surface area (Å²) in [5.41, 5.74) is 0.614. The lowest BCUT2D eigenvalue weighted by Crippen LogP contribution is -2.23. The zero-order valence-corrected chi connectivity index (χ0v) is 10.2. The number of nitrogens with zero attached hydrogens (tertiary/aromatic N) is 1. The normalized spacial score (nSPS) is 12.1. The highest BCUT2D eigenvalue weighted by Crippen LogP contribution is 2.11. The zero-order valence-electron chi connectivity index (χ0n) is 10.2. The molecule has 1 N–H and O–H groups in total. The Morgan fingerprint density at radius 2 is 2.29 bits per heavy atom. The quantitative estimate of drug-likeness (QED) is 0.822. The van der Waals surface area contributed by atoms with E-state index in [0.717, 1.165) is 6.54 Å². The van der Waals surface area contributed by atoms with Crippen molar-refractivity contribution < 1.29 is 9.13 Å². The van der Waals surface area contributed by atoms with E-state index in [1.165, 1.54) is 6.07 Å². The molecule has 0 saturated carbocycles. The summed E-state index contributed by atoms with van der Waals surface area (Å²) in [5, 5.41) is 11.8. The molecule has 0 aliphatic heterocycles. The van der Waals surface area contributed by atoms with Gasteiger partial charge in [0.2, 0.25) is 0 Å². The van der Waals surface area contributed by atoms with Gasteiger partial charge in [0, 0.05) is 32.4 Å². The van der Waals surface area contributed by atoms with Gasteiger partial charge in [0.25, 0.3) is 0 Å². The van der Waals surface area contributed by atoms with Gasteiger partial charge >= 0.3 is 0 Å². The van der Waals surface area contributed by atoms with Crippen LogP contribution < -0.4 is 5.32 Å². The summed E-state index contributed by atoms with van der Waals surface area (Å²) in [6, 6.07) is 6.69. The Balaban J connectivity index is 2.50. The highest BCUT2D eigenvalue weighted by atomic mass is 19.1. The van der Waals surface area contributed by atoms with Gasteiger partial charge in [-0.2, -0.15) is 5.26 Å². The second-order valence-electron chi connectivity index (χ2n) is 4.08. The minimum atomic E-state index is -0.429. The molecule has 4 heteroatoms. The molecule has 1 rings (SSSR count). The Kier molecular flexibility index (Phi) is 5.61. The summed E-state index contributed by atoms with van der Waals surface area (Å²) in [6.45, 7) is 3.91. The fourth-order valence-corrected chi connectivity index (χ4v) is 1.60. The van der Waals surface area contributed by atoms with Crippen LogP contribution in [0.25, 0.3) is 0 Å². The molecule has 1 unspecified atom stereocenters. The van der Waals surface area contributed by atoms with Gasteiger partial charge in [-0.1, -0.05) is 19.1 Å². The number of benzene rings is 1. The van der Waals surface area contributed by atoms with E-state index in [4.69, 9.17) is 10.00 Å². The number of hydrogen-bond donors (Lipinski definition) is 1. The van der Waals surface area contributed by atoms with Crippen LogP contribution in [0.4, 0.5) is 4.39 Å². The molecule has 92 valence electrons. The van der Waals surface area contributed by atoms with Crippen LogP contribution in [0.2, 0.25) is 0 Å². The zero-order chi connectivity index (χ0) is 12.7. The SMILES string of the molecule is COCC(C)CNCc1cccc(C#N)c1F. The molecule has 0 heterocycles. The van der Waals surface area contributed by atoms with Crippen LogP contribution in [-0.4, -0.2) is 20.3 Å². The largest absolute Gasteiger partial charge is 0.384 e. The van der Waals surface area contributed by atoms with E-state index < -0.39 is 5.82 Å². The first-order valence-electron chi connectivity index (χ1n) is 5.56. The molecule has 0 saturated heterocycles. The van der Waals surface area contributed by atoms with Crippen LogP contribution >= 0.6 is 0 Å². The number of ether oxygens (including phenoxy) is 1. The van der Waals surface area contributed by atoms with E-state index in [2.05, 4.69) is 12.2 Å². The predicted octanol–water partition coefficient (Wildman–Crippen LogP) is 2.07. The average molecular weight is 236 g/mol. The van der Waals surface area contributed by atoms with Crippen LogP contribution in [0.3, 0.4) is 0 Å². The Labute approximate surface area is 101 Å². The maximum Gasteiger partial charge on any atom is 0.145 e. The molecular formula is C13H17FN2O. The van der Waals surface area contributed by atoms with Gasteiger partial charge in [0.05, 0.1) is 5.56 Å².